The number of rotatable bonds is 4. The van der Waals surface area contributed by atoms with Crippen LogP contribution in [0.4, 0.5) is 11.4 Å². The van der Waals surface area contributed by atoms with Gasteiger partial charge >= 0.3 is 0 Å². The molecule has 4 nitrogen and oxygen atoms in total. The number of benzene rings is 2. The zero-order valence-corrected chi connectivity index (χ0v) is 13.0. The number of hydrogen-bond acceptors (Lipinski definition) is 4. The average molecular weight is 297 g/mol. The van der Waals surface area contributed by atoms with Gasteiger partial charge in [0.25, 0.3) is 0 Å². The first-order valence-corrected chi connectivity index (χ1v) is 7.71. The summed E-state index contributed by atoms with van der Waals surface area (Å²) in [5, 5.41) is 0. The first kappa shape index (κ1) is 14.7. The van der Waals surface area contributed by atoms with Crippen molar-refractivity contribution in [3.63, 3.8) is 0 Å². The molecule has 1 aliphatic rings. The van der Waals surface area contributed by atoms with Gasteiger partial charge in [-0.05, 0) is 23.8 Å². The molecule has 4 heteroatoms. The Morgan fingerprint density at radius 2 is 1.73 bits per heavy atom. The standard InChI is InChI=1S/C18H23N3O/c1-22-18-8-7-16(19)13-17(18)21-11-9-20(10-12-21)14-15-5-3-2-4-6-15/h2-8,13H,9-12,14,19H2,1H3. The summed E-state index contributed by atoms with van der Waals surface area (Å²) in [6.45, 7) is 5.10. The molecule has 2 aromatic rings. The maximum Gasteiger partial charge on any atom is 0.142 e. The molecule has 22 heavy (non-hydrogen) atoms. The van der Waals surface area contributed by atoms with E-state index in [-0.39, 0.29) is 0 Å². The second kappa shape index (κ2) is 6.71. The number of ether oxygens (including phenoxy) is 1. The molecule has 1 heterocycles. The van der Waals surface area contributed by atoms with Crippen LogP contribution in [0.5, 0.6) is 5.75 Å². The number of anilines is 2. The molecular formula is C18H23N3O. The maximum absolute atomic E-state index is 5.93. The van der Waals surface area contributed by atoms with Crippen LogP contribution in [0, 0.1) is 0 Å². The van der Waals surface area contributed by atoms with Gasteiger partial charge in [-0.25, -0.2) is 0 Å². The predicted octanol–water partition coefficient (Wildman–Crippen LogP) is 2.60. The molecule has 1 fully saturated rings. The SMILES string of the molecule is COc1ccc(N)cc1N1CCN(Cc2ccccc2)CC1. The van der Waals surface area contributed by atoms with E-state index in [1.165, 1.54) is 5.56 Å². The Hall–Kier alpha value is -2.20. The second-order valence-electron chi connectivity index (χ2n) is 5.68. The number of hydrogen-bond donors (Lipinski definition) is 1. The van der Waals surface area contributed by atoms with Gasteiger partial charge < -0.3 is 15.4 Å². The Morgan fingerprint density at radius 3 is 2.41 bits per heavy atom. The van der Waals surface area contributed by atoms with E-state index in [1.54, 1.807) is 7.11 Å². The van der Waals surface area contributed by atoms with Crippen LogP contribution in [0.3, 0.4) is 0 Å². The Balaban J connectivity index is 1.63. The Kier molecular flexibility index (Phi) is 4.49. The summed E-state index contributed by atoms with van der Waals surface area (Å²) in [5.74, 6) is 0.894. The molecule has 0 amide bonds. The van der Waals surface area contributed by atoms with Crippen molar-refractivity contribution < 1.29 is 4.74 Å². The number of methoxy groups -OCH3 is 1. The van der Waals surface area contributed by atoms with Crippen LogP contribution in [0.15, 0.2) is 48.5 Å². The summed E-state index contributed by atoms with van der Waals surface area (Å²) in [5.41, 5.74) is 9.18. The highest BCUT2D eigenvalue weighted by Crippen LogP contribution is 2.31. The normalized spacial score (nSPS) is 15.8. The van der Waals surface area contributed by atoms with Gasteiger partial charge in [0.05, 0.1) is 12.8 Å². The van der Waals surface area contributed by atoms with Gasteiger partial charge in [0.15, 0.2) is 0 Å². The molecule has 0 bridgehead atoms. The first-order valence-electron chi connectivity index (χ1n) is 7.71. The Bertz CT molecular complexity index is 607. The van der Waals surface area contributed by atoms with Gasteiger partial charge in [0, 0.05) is 38.4 Å². The minimum absolute atomic E-state index is 0.780. The fourth-order valence-corrected chi connectivity index (χ4v) is 2.94. The highest BCUT2D eigenvalue weighted by molar-refractivity contribution is 5.65. The zero-order valence-electron chi connectivity index (χ0n) is 13.0. The van der Waals surface area contributed by atoms with E-state index in [9.17, 15) is 0 Å². The highest BCUT2D eigenvalue weighted by atomic mass is 16.5. The van der Waals surface area contributed by atoms with E-state index in [2.05, 4.69) is 40.1 Å². The van der Waals surface area contributed by atoms with Crippen LogP contribution in [0.25, 0.3) is 0 Å². The van der Waals surface area contributed by atoms with Crippen LogP contribution in [-0.2, 0) is 6.54 Å². The van der Waals surface area contributed by atoms with Gasteiger partial charge in [-0.15, -0.1) is 0 Å². The number of nitrogens with two attached hydrogens (primary N) is 1. The second-order valence-corrected chi connectivity index (χ2v) is 5.68. The lowest BCUT2D eigenvalue weighted by molar-refractivity contribution is 0.249. The van der Waals surface area contributed by atoms with Crippen molar-refractivity contribution >= 4 is 11.4 Å². The van der Waals surface area contributed by atoms with Gasteiger partial charge in [-0.3, -0.25) is 4.90 Å². The van der Waals surface area contributed by atoms with Crippen LogP contribution in [-0.4, -0.2) is 38.2 Å². The van der Waals surface area contributed by atoms with E-state index in [4.69, 9.17) is 10.5 Å². The third-order valence-electron chi connectivity index (χ3n) is 4.16. The molecule has 0 aromatic heterocycles. The minimum Gasteiger partial charge on any atom is -0.495 e. The monoisotopic (exact) mass is 297 g/mol. The number of nitrogens with zero attached hydrogens (tertiary/aromatic N) is 2. The van der Waals surface area contributed by atoms with Crippen molar-refractivity contribution in [3.05, 3.63) is 54.1 Å². The molecule has 1 saturated heterocycles. The van der Waals surface area contributed by atoms with Crippen molar-refractivity contribution in [3.8, 4) is 5.75 Å². The van der Waals surface area contributed by atoms with E-state index in [0.29, 0.717) is 0 Å². The molecule has 116 valence electrons. The molecule has 3 rings (SSSR count). The number of nitrogen functional groups attached to an aromatic ring is 1. The van der Waals surface area contributed by atoms with E-state index < -0.39 is 0 Å². The maximum atomic E-state index is 5.93. The molecule has 0 saturated carbocycles. The summed E-state index contributed by atoms with van der Waals surface area (Å²) < 4.78 is 5.47. The molecule has 0 unspecified atom stereocenters. The number of piperazine rings is 1. The fourth-order valence-electron chi connectivity index (χ4n) is 2.94. The third-order valence-corrected chi connectivity index (χ3v) is 4.16. The van der Waals surface area contributed by atoms with E-state index >= 15 is 0 Å². The first-order chi connectivity index (χ1) is 10.8. The van der Waals surface area contributed by atoms with Gasteiger partial charge in [-0.2, -0.15) is 0 Å². The molecule has 2 aromatic carbocycles. The quantitative estimate of drug-likeness (QED) is 0.881. The third kappa shape index (κ3) is 3.34. The van der Waals surface area contributed by atoms with Crippen molar-refractivity contribution in [2.45, 2.75) is 6.54 Å². The molecule has 0 spiro atoms. The smallest absolute Gasteiger partial charge is 0.142 e. The Labute approximate surface area is 132 Å². The molecule has 0 aliphatic carbocycles. The van der Waals surface area contributed by atoms with Crippen molar-refractivity contribution in [2.24, 2.45) is 0 Å². The van der Waals surface area contributed by atoms with Crippen LogP contribution in [0.2, 0.25) is 0 Å². The largest absolute Gasteiger partial charge is 0.495 e. The van der Waals surface area contributed by atoms with Crippen LogP contribution < -0.4 is 15.4 Å². The Morgan fingerprint density at radius 1 is 1.00 bits per heavy atom. The van der Waals surface area contributed by atoms with Crippen molar-refractivity contribution in [1.29, 1.82) is 0 Å². The summed E-state index contributed by atoms with van der Waals surface area (Å²) in [6.07, 6.45) is 0. The summed E-state index contributed by atoms with van der Waals surface area (Å²) in [6, 6.07) is 16.5. The van der Waals surface area contributed by atoms with Gasteiger partial charge in [-0.1, -0.05) is 30.3 Å². The topological polar surface area (TPSA) is 41.7 Å². The minimum atomic E-state index is 0.780. The van der Waals surface area contributed by atoms with Crippen molar-refractivity contribution in [1.82, 2.24) is 4.90 Å². The summed E-state index contributed by atoms with van der Waals surface area (Å²) in [4.78, 5) is 4.85. The van der Waals surface area contributed by atoms with Crippen molar-refractivity contribution in [2.75, 3.05) is 43.9 Å². The average Bonchev–Trinajstić information content (AvgIpc) is 2.56. The molecule has 0 radical (unpaired) electrons. The lowest BCUT2D eigenvalue weighted by Crippen LogP contribution is -2.46. The van der Waals surface area contributed by atoms with E-state index in [1.807, 2.05) is 18.2 Å². The van der Waals surface area contributed by atoms with E-state index in [0.717, 1.165) is 49.8 Å². The van der Waals surface area contributed by atoms with Gasteiger partial charge in [0.2, 0.25) is 0 Å². The molecule has 0 atom stereocenters. The van der Waals surface area contributed by atoms with Gasteiger partial charge in [0.1, 0.15) is 5.75 Å². The molecular weight excluding hydrogens is 274 g/mol. The molecule has 1 aliphatic heterocycles. The fraction of sp³-hybridized carbons (Fsp3) is 0.333. The summed E-state index contributed by atoms with van der Waals surface area (Å²) >= 11 is 0. The highest BCUT2D eigenvalue weighted by Gasteiger charge is 2.19. The predicted molar refractivity (Wildman–Crippen MR) is 91.3 cm³/mol. The zero-order chi connectivity index (χ0) is 15.4. The lowest BCUT2D eigenvalue weighted by Gasteiger charge is -2.36. The van der Waals surface area contributed by atoms with Crippen LogP contribution >= 0.6 is 0 Å². The molecule has 2 N–H and O–H groups in total. The lowest BCUT2D eigenvalue weighted by atomic mass is 10.2. The van der Waals surface area contributed by atoms with Crippen LogP contribution in [0.1, 0.15) is 5.56 Å². The summed E-state index contributed by atoms with van der Waals surface area (Å²) in [7, 11) is 1.71.